The Bertz CT molecular complexity index is 965. The molecule has 8 nitrogen and oxygen atoms in total. The third-order valence-electron chi connectivity index (χ3n) is 5.65. The van der Waals surface area contributed by atoms with Crippen molar-refractivity contribution >= 4 is 26.9 Å². The second-order valence-electron chi connectivity index (χ2n) is 7.84. The van der Waals surface area contributed by atoms with Crippen LogP contribution in [0.4, 0.5) is 0 Å². The van der Waals surface area contributed by atoms with Crippen LogP contribution < -0.4 is 15.4 Å². The van der Waals surface area contributed by atoms with Gasteiger partial charge in [-0.25, -0.2) is 13.1 Å². The molecule has 1 aliphatic rings. The Balaban J connectivity index is 1.39. The Morgan fingerprint density at radius 3 is 2.81 bits per heavy atom. The first-order chi connectivity index (χ1) is 15.0. The molecule has 1 fully saturated rings. The van der Waals surface area contributed by atoms with Gasteiger partial charge in [0.2, 0.25) is 10.0 Å². The average Bonchev–Trinajstić information content (AvgIpc) is 3.20. The minimum absolute atomic E-state index is 0.0103. The maximum Gasteiger partial charge on any atom is 0.213 e. The zero-order valence-electron chi connectivity index (χ0n) is 18.5. The second-order valence-corrected chi connectivity index (χ2v) is 9.77. The van der Waals surface area contributed by atoms with Gasteiger partial charge in [0.05, 0.1) is 11.9 Å². The molecule has 1 saturated heterocycles. The molecule has 1 aliphatic heterocycles. The van der Waals surface area contributed by atoms with Crippen LogP contribution in [0, 0.1) is 0 Å². The molecule has 0 aliphatic carbocycles. The van der Waals surface area contributed by atoms with Gasteiger partial charge in [0.25, 0.3) is 0 Å². The number of fused-ring (bicyclic) bond motifs is 1. The summed E-state index contributed by atoms with van der Waals surface area (Å²) in [6, 6.07) is 6.39. The molecular formula is C22H35N5O3S. The van der Waals surface area contributed by atoms with Crippen molar-refractivity contribution in [1.29, 1.82) is 0 Å². The highest BCUT2D eigenvalue weighted by Crippen LogP contribution is 2.22. The Hall–Kier alpha value is -2.10. The lowest BCUT2D eigenvalue weighted by atomic mass is 10.1. The molecule has 1 aromatic carbocycles. The van der Waals surface area contributed by atoms with Crippen LogP contribution in [0.3, 0.4) is 0 Å². The molecule has 172 valence electrons. The van der Waals surface area contributed by atoms with E-state index in [2.05, 4.69) is 56.7 Å². The number of hydrogen-bond donors (Lipinski definition) is 4. The molecule has 3 rings (SSSR count). The smallest absolute Gasteiger partial charge is 0.213 e. The lowest BCUT2D eigenvalue weighted by molar-refractivity contribution is 0.0200. The molecule has 0 saturated carbocycles. The van der Waals surface area contributed by atoms with Gasteiger partial charge in [-0.15, -0.1) is 0 Å². The summed E-state index contributed by atoms with van der Waals surface area (Å²) in [5.74, 6) is 0.586. The van der Waals surface area contributed by atoms with E-state index in [1.54, 1.807) is 7.05 Å². The Labute approximate surface area is 185 Å². The minimum Gasteiger partial charge on any atom is -0.377 e. The zero-order chi connectivity index (χ0) is 22.1. The quantitative estimate of drug-likeness (QED) is 0.327. The van der Waals surface area contributed by atoms with E-state index in [4.69, 9.17) is 4.74 Å². The van der Waals surface area contributed by atoms with Crippen LogP contribution in [0.25, 0.3) is 10.9 Å². The van der Waals surface area contributed by atoms with Gasteiger partial charge in [-0.3, -0.25) is 4.99 Å². The second kappa shape index (κ2) is 11.5. The van der Waals surface area contributed by atoms with Crippen LogP contribution in [-0.2, 0) is 27.6 Å². The highest BCUT2D eigenvalue weighted by molar-refractivity contribution is 7.89. The molecule has 4 N–H and O–H groups in total. The number of H-pyrrole nitrogens is 1. The van der Waals surface area contributed by atoms with Crippen LogP contribution in [0.15, 0.2) is 29.4 Å². The molecule has 0 amide bonds. The molecule has 0 radical (unpaired) electrons. The van der Waals surface area contributed by atoms with E-state index in [-0.39, 0.29) is 18.4 Å². The largest absolute Gasteiger partial charge is 0.377 e. The van der Waals surface area contributed by atoms with Crippen molar-refractivity contribution in [3.05, 3.63) is 35.5 Å². The summed E-state index contributed by atoms with van der Waals surface area (Å²) < 4.78 is 32.7. The van der Waals surface area contributed by atoms with Crippen molar-refractivity contribution < 1.29 is 13.2 Å². The predicted octanol–water partition coefficient (Wildman–Crippen LogP) is 1.93. The van der Waals surface area contributed by atoms with Gasteiger partial charge in [0, 0.05) is 50.4 Å². The predicted molar refractivity (Wildman–Crippen MR) is 126 cm³/mol. The third kappa shape index (κ3) is 6.95. The van der Waals surface area contributed by atoms with Crippen molar-refractivity contribution in [2.45, 2.75) is 45.1 Å². The highest BCUT2D eigenvalue weighted by atomic mass is 32.2. The fraction of sp³-hybridized carbons (Fsp3) is 0.591. The number of nitrogens with one attached hydrogen (secondary N) is 4. The molecule has 1 atom stereocenters. The number of aromatic amines is 1. The van der Waals surface area contributed by atoms with E-state index in [0.29, 0.717) is 25.7 Å². The first-order valence-corrected chi connectivity index (χ1v) is 12.8. The molecule has 2 heterocycles. The van der Waals surface area contributed by atoms with Gasteiger partial charge in [-0.05, 0) is 43.2 Å². The SMILES string of the molecule is CCc1cccc2c(CCNC(=NC)NCCS(=O)(=O)NCC3CCCCO3)c[nH]c12. The summed E-state index contributed by atoms with van der Waals surface area (Å²) in [6.45, 7) is 4.21. The van der Waals surface area contributed by atoms with Crippen LogP contribution in [-0.4, -0.2) is 64.5 Å². The number of para-hydroxylation sites is 1. The fourth-order valence-electron chi connectivity index (χ4n) is 3.88. The molecule has 2 aromatic rings. The van der Waals surface area contributed by atoms with E-state index in [1.165, 1.54) is 22.0 Å². The van der Waals surface area contributed by atoms with Crippen molar-refractivity contribution in [1.82, 2.24) is 20.3 Å². The number of guanidine groups is 1. The lowest BCUT2D eigenvalue weighted by Crippen LogP contribution is -2.43. The molecular weight excluding hydrogens is 414 g/mol. The average molecular weight is 450 g/mol. The van der Waals surface area contributed by atoms with E-state index in [1.807, 2.05) is 0 Å². The number of hydrogen-bond acceptors (Lipinski definition) is 4. The van der Waals surface area contributed by atoms with Crippen LogP contribution >= 0.6 is 0 Å². The number of ether oxygens (including phenoxy) is 1. The fourth-order valence-corrected chi connectivity index (χ4v) is 4.83. The normalized spacial score (nSPS) is 17.7. The van der Waals surface area contributed by atoms with Gasteiger partial charge in [0.15, 0.2) is 5.96 Å². The summed E-state index contributed by atoms with van der Waals surface area (Å²) in [5.41, 5.74) is 3.78. The molecule has 0 bridgehead atoms. The van der Waals surface area contributed by atoms with Gasteiger partial charge >= 0.3 is 0 Å². The molecule has 31 heavy (non-hydrogen) atoms. The first kappa shape index (κ1) is 23.6. The summed E-state index contributed by atoms with van der Waals surface area (Å²) in [4.78, 5) is 7.58. The van der Waals surface area contributed by atoms with Gasteiger partial charge in [-0.2, -0.15) is 0 Å². The van der Waals surface area contributed by atoms with Crippen molar-refractivity contribution in [2.75, 3.05) is 39.0 Å². The molecule has 1 unspecified atom stereocenters. The van der Waals surface area contributed by atoms with Crippen LogP contribution in [0.5, 0.6) is 0 Å². The third-order valence-corrected chi connectivity index (χ3v) is 6.99. The molecule has 1 aromatic heterocycles. The summed E-state index contributed by atoms with van der Waals surface area (Å²) >= 11 is 0. The minimum atomic E-state index is -3.35. The lowest BCUT2D eigenvalue weighted by Gasteiger charge is -2.22. The van der Waals surface area contributed by atoms with Crippen LogP contribution in [0.2, 0.25) is 0 Å². The van der Waals surface area contributed by atoms with Crippen LogP contribution in [0.1, 0.15) is 37.3 Å². The van der Waals surface area contributed by atoms with E-state index in [9.17, 15) is 8.42 Å². The van der Waals surface area contributed by atoms with Crippen molar-refractivity contribution in [3.63, 3.8) is 0 Å². The Morgan fingerprint density at radius 1 is 1.23 bits per heavy atom. The monoisotopic (exact) mass is 449 g/mol. The van der Waals surface area contributed by atoms with Gasteiger partial charge < -0.3 is 20.4 Å². The number of nitrogens with zero attached hydrogens (tertiary/aromatic N) is 1. The highest BCUT2D eigenvalue weighted by Gasteiger charge is 2.17. The standard InChI is InChI=1S/C22H35N5O3S/c1-3-17-7-6-9-20-18(15-26-21(17)20)10-11-24-22(23-2)25-12-14-31(28,29)27-16-19-8-4-5-13-30-19/h6-7,9,15,19,26-27H,3-5,8,10-14,16H2,1-2H3,(H2,23,24,25). The Kier molecular flexibility index (Phi) is 8.74. The number of aromatic nitrogens is 1. The number of aryl methyl sites for hydroxylation is 1. The van der Waals surface area contributed by atoms with E-state index >= 15 is 0 Å². The maximum atomic E-state index is 12.2. The number of rotatable bonds is 10. The topological polar surface area (TPSA) is 108 Å². The zero-order valence-corrected chi connectivity index (χ0v) is 19.4. The number of aliphatic imine (C=N–C) groups is 1. The van der Waals surface area contributed by atoms with Crippen molar-refractivity contribution in [3.8, 4) is 0 Å². The first-order valence-electron chi connectivity index (χ1n) is 11.1. The summed E-state index contributed by atoms with van der Waals surface area (Å²) in [6.07, 6.45) is 6.95. The maximum absolute atomic E-state index is 12.2. The summed E-state index contributed by atoms with van der Waals surface area (Å²) in [5, 5.41) is 7.59. The van der Waals surface area contributed by atoms with Gasteiger partial charge in [0.1, 0.15) is 0 Å². The van der Waals surface area contributed by atoms with Crippen molar-refractivity contribution in [2.24, 2.45) is 4.99 Å². The number of sulfonamides is 1. The van der Waals surface area contributed by atoms with E-state index in [0.717, 1.165) is 32.1 Å². The molecule has 0 spiro atoms. The molecule has 9 heteroatoms. The number of benzene rings is 1. The Morgan fingerprint density at radius 2 is 2.06 bits per heavy atom. The van der Waals surface area contributed by atoms with Gasteiger partial charge in [-0.1, -0.05) is 25.1 Å². The summed E-state index contributed by atoms with van der Waals surface area (Å²) in [7, 11) is -1.67. The van der Waals surface area contributed by atoms with E-state index < -0.39 is 10.0 Å².